The van der Waals surface area contributed by atoms with E-state index in [1.165, 1.54) is 45.5 Å². The van der Waals surface area contributed by atoms with Crippen molar-refractivity contribution >= 4 is 101 Å². The molecule has 6 aromatic rings. The molecule has 7 atom stereocenters. The van der Waals surface area contributed by atoms with E-state index >= 15 is 0 Å². The van der Waals surface area contributed by atoms with E-state index in [0.717, 1.165) is 83.3 Å². The monoisotopic (exact) mass is 1540 g/mol. The number of hydrogen-bond acceptors (Lipinski definition) is 17. The summed E-state index contributed by atoms with van der Waals surface area (Å²) >= 11 is 9.18. The number of carbonyl (C=O) groups is 5. The fraction of sp³-hybridized carbons (Fsp3) is 0.481. The molecule has 1 aromatic heterocycles. The first-order valence-electron chi connectivity index (χ1n) is 35.8. The van der Waals surface area contributed by atoms with Gasteiger partial charge in [-0.15, -0.1) is 23.1 Å². The number of hydrogen-bond donors (Lipinski definition) is 5. The number of benzene rings is 5. The average Bonchev–Trinajstić information content (AvgIpc) is 1.51. The summed E-state index contributed by atoms with van der Waals surface area (Å²) in [7, 11) is -11.1. The van der Waals surface area contributed by atoms with Crippen LogP contribution in [0.5, 0.6) is 0 Å². The minimum absolute atomic E-state index is 0.0306. The van der Waals surface area contributed by atoms with E-state index in [-0.39, 0.29) is 66.7 Å². The molecule has 28 heteroatoms. The van der Waals surface area contributed by atoms with E-state index in [1.807, 2.05) is 85.3 Å². The topological polar surface area (TPSA) is 251 Å². The number of rotatable bonds is 26. The number of amides is 5. The summed E-state index contributed by atoms with van der Waals surface area (Å²) < 4.78 is 101. The second-order valence-electron chi connectivity index (χ2n) is 30.3. The van der Waals surface area contributed by atoms with Crippen molar-refractivity contribution < 1.29 is 59.1 Å². The van der Waals surface area contributed by atoms with Gasteiger partial charge in [0.25, 0.3) is 25.8 Å². The van der Waals surface area contributed by atoms with Crippen LogP contribution in [0.15, 0.2) is 147 Å². The van der Waals surface area contributed by atoms with Gasteiger partial charge in [0, 0.05) is 124 Å². The van der Waals surface area contributed by atoms with Gasteiger partial charge in [-0.2, -0.15) is 13.2 Å². The molecular formula is C77H94ClF3N10O10S4. The van der Waals surface area contributed by atoms with Crippen LogP contribution in [0.2, 0.25) is 5.02 Å². The van der Waals surface area contributed by atoms with Crippen LogP contribution >= 0.6 is 34.7 Å². The van der Waals surface area contributed by atoms with Gasteiger partial charge in [0.15, 0.2) is 0 Å². The number of nitrogens with zero attached hydrogens (tertiary/aromatic N) is 6. The van der Waals surface area contributed by atoms with Crippen LogP contribution in [0.3, 0.4) is 0 Å². The van der Waals surface area contributed by atoms with Crippen molar-refractivity contribution in [3.05, 3.63) is 160 Å². The van der Waals surface area contributed by atoms with Gasteiger partial charge >= 0.3 is 5.51 Å². The Morgan fingerprint density at radius 2 is 1.47 bits per heavy atom. The Labute approximate surface area is 627 Å². The SMILES string of the molecule is Cc1ncsc1-c1ccc([C@H](C)NC(=O)[C@@H]2C[C@@H](O)CN2C(=O)C(NC(=O)CCCC(=O)N2CC3CN(CCC(CSc4ccccc4)Nc4ccc(S(=O)(=O)NC(=O)c5ccc(N6CCN(CC7=C(c8ccc(Cl)cc8)CCC(C)(C)C7)CC6)cc5)cc4S(=O)(=O)C(F)(F)F)CC3C2)C(C)(C)C)cc1. The Balaban J connectivity index is 0.664. The molecule has 5 heterocycles. The Kier molecular flexibility index (Phi) is 24.7. The van der Waals surface area contributed by atoms with E-state index < -0.39 is 100 Å². The summed E-state index contributed by atoms with van der Waals surface area (Å²) in [4.78, 5) is 83.2. The number of nitrogens with one attached hydrogen (secondary N) is 4. The number of likely N-dealkylation sites (tertiary alicyclic amines) is 3. The highest BCUT2D eigenvalue weighted by Crippen LogP contribution is 2.44. The van der Waals surface area contributed by atoms with Crippen molar-refractivity contribution in [2.24, 2.45) is 22.7 Å². The zero-order valence-corrected chi connectivity index (χ0v) is 64.3. The Hall–Kier alpha value is -7.37. The molecule has 564 valence electrons. The fourth-order valence-electron chi connectivity index (χ4n) is 14.9. The number of β-amino-alcohol motifs (C(OH)–C–C–N with tert-alkyl or cyclic N) is 1. The number of alkyl halides is 3. The minimum Gasteiger partial charge on any atom is -0.391 e. The summed E-state index contributed by atoms with van der Waals surface area (Å²) in [5, 5.41) is 20.4. The molecule has 1 aliphatic carbocycles. The summed E-state index contributed by atoms with van der Waals surface area (Å²) in [6, 6.07) is 30.7. The third-order valence-corrected chi connectivity index (χ3v) is 26.1. The lowest BCUT2D eigenvalue weighted by atomic mass is 9.73. The zero-order chi connectivity index (χ0) is 75.3. The fourth-order valence-corrected chi connectivity index (χ4v) is 18.9. The van der Waals surface area contributed by atoms with Crippen LogP contribution in [-0.4, -0.2) is 184 Å². The van der Waals surface area contributed by atoms with Crippen LogP contribution in [0.4, 0.5) is 24.5 Å². The third kappa shape index (κ3) is 19.5. The lowest BCUT2D eigenvalue weighted by molar-refractivity contribution is -0.144. The van der Waals surface area contributed by atoms with Gasteiger partial charge in [-0.05, 0) is 158 Å². The molecule has 5 aliphatic rings. The number of aliphatic hydroxyl groups is 1. The Morgan fingerprint density at radius 1 is 0.800 bits per heavy atom. The molecule has 5 aromatic carbocycles. The molecule has 4 fully saturated rings. The maximum atomic E-state index is 14.6. The highest BCUT2D eigenvalue weighted by atomic mass is 35.5. The predicted molar refractivity (Wildman–Crippen MR) is 405 cm³/mol. The van der Waals surface area contributed by atoms with Crippen LogP contribution in [0, 0.1) is 29.6 Å². The molecule has 0 spiro atoms. The van der Waals surface area contributed by atoms with Gasteiger partial charge in [-0.1, -0.05) is 106 Å². The van der Waals surface area contributed by atoms with E-state index in [0.29, 0.717) is 63.3 Å². The van der Waals surface area contributed by atoms with E-state index in [2.05, 4.69) is 61.6 Å². The molecule has 105 heavy (non-hydrogen) atoms. The molecule has 5 amide bonds. The number of thiazole rings is 1. The first-order valence-corrected chi connectivity index (χ1v) is 41.0. The number of piperazine rings is 1. The van der Waals surface area contributed by atoms with E-state index in [4.69, 9.17) is 11.6 Å². The summed E-state index contributed by atoms with van der Waals surface area (Å²) in [6.07, 6.45) is 2.73. The van der Waals surface area contributed by atoms with Gasteiger partial charge < -0.3 is 40.7 Å². The van der Waals surface area contributed by atoms with Crippen molar-refractivity contribution in [2.45, 2.75) is 150 Å². The minimum atomic E-state index is -6.19. The largest absolute Gasteiger partial charge is 0.501 e. The normalized spacial score (nSPS) is 20.5. The quantitative estimate of drug-likeness (QED) is 0.0317. The van der Waals surface area contributed by atoms with Crippen molar-refractivity contribution in [3.63, 3.8) is 0 Å². The van der Waals surface area contributed by atoms with Crippen molar-refractivity contribution in [1.29, 1.82) is 0 Å². The number of sulfonamides is 1. The molecule has 20 nitrogen and oxygen atoms in total. The molecule has 0 saturated carbocycles. The number of aryl methyl sites for hydroxylation is 1. The number of fused-ring (bicyclic) bond motifs is 1. The summed E-state index contributed by atoms with van der Waals surface area (Å²) in [6.45, 7) is 20.2. The van der Waals surface area contributed by atoms with E-state index in [1.54, 1.807) is 54.7 Å². The second kappa shape index (κ2) is 33.0. The third-order valence-electron chi connectivity index (χ3n) is 20.8. The first-order chi connectivity index (χ1) is 49.7. The van der Waals surface area contributed by atoms with Crippen LogP contribution < -0.4 is 25.6 Å². The summed E-state index contributed by atoms with van der Waals surface area (Å²) in [5.74, 6) is -2.07. The highest BCUT2D eigenvalue weighted by Gasteiger charge is 2.50. The molecule has 5 N–H and O–H groups in total. The maximum absolute atomic E-state index is 14.6. The molecule has 4 saturated heterocycles. The predicted octanol–water partition coefficient (Wildman–Crippen LogP) is 11.9. The number of anilines is 2. The number of allylic oxidation sites excluding steroid dienone is 1. The van der Waals surface area contributed by atoms with Gasteiger partial charge in [-0.25, -0.2) is 26.5 Å². The second-order valence-corrected chi connectivity index (χ2v) is 36.3. The number of aliphatic hydroxyl groups excluding tert-OH is 1. The molecule has 11 rings (SSSR count). The summed E-state index contributed by atoms with van der Waals surface area (Å²) in [5.41, 5.74) is 2.46. The molecule has 0 bridgehead atoms. The number of aromatic nitrogens is 1. The van der Waals surface area contributed by atoms with Gasteiger partial charge in [0.05, 0.1) is 38.8 Å². The molecule has 4 unspecified atom stereocenters. The van der Waals surface area contributed by atoms with Gasteiger partial charge in [0.2, 0.25) is 23.6 Å². The molecule has 0 radical (unpaired) electrons. The smallest absolute Gasteiger partial charge is 0.391 e. The number of sulfone groups is 1. The first kappa shape index (κ1) is 78.7. The van der Waals surface area contributed by atoms with E-state index in [9.17, 15) is 59.1 Å². The molecular weight excluding hydrogens is 1450 g/mol. The zero-order valence-electron chi connectivity index (χ0n) is 60.3. The average molecular weight is 1540 g/mol. The van der Waals surface area contributed by atoms with Crippen LogP contribution in [0.25, 0.3) is 16.0 Å². The lowest BCUT2D eigenvalue weighted by Crippen LogP contribution is -2.57. The maximum Gasteiger partial charge on any atom is 0.501 e. The lowest BCUT2D eigenvalue weighted by Gasteiger charge is -2.39. The van der Waals surface area contributed by atoms with Crippen LogP contribution in [0.1, 0.15) is 126 Å². The molecule has 4 aliphatic heterocycles. The number of thioether (sulfide) groups is 1. The number of carbonyl (C=O) groups excluding carboxylic acids is 5. The van der Waals surface area contributed by atoms with Gasteiger partial charge in [-0.3, -0.25) is 28.9 Å². The Morgan fingerprint density at radius 3 is 2.10 bits per heavy atom. The number of halogens is 4. The highest BCUT2D eigenvalue weighted by molar-refractivity contribution is 7.99. The Bertz CT molecular complexity index is 4370. The van der Waals surface area contributed by atoms with Crippen molar-refractivity contribution in [3.8, 4) is 10.4 Å². The van der Waals surface area contributed by atoms with Gasteiger partial charge in [0.1, 0.15) is 17.0 Å². The standard InChI is InChI=1S/C77H94ClF3N10O10S4/c1-49(51-16-18-53(19-17-51)70-50(2)82-48-103-70)83-73(96)66-38-61(92)46-91(66)74(97)71(75(3,4)5)85-68(93)14-11-15-69(94)90-44-56-42-88(43-57(56)45-90)33-31-59(47-102-62-12-9-8-10-13-62)84-65-29-28-63(39-67(65)104(98,99)77(79,80)81)105(100,101)86-72(95)54-22-26-60(27-23-54)89-36-34-87(35-37-89)41-55-40-76(6,7)32-30-64(55)52-20-24-58(78)25-21-52/h8-10,12-13,16-29,39,48-49,56-57,59,61,66,71,84,92H,11,14-15,30-38,40-47H2,1-7H3,(H,83,96)(H,85,93)(H,86,95)/t49-,56?,57?,59?,61+,66-,71?/m0/s1. The van der Waals surface area contributed by atoms with Crippen molar-refractivity contribution in [1.82, 2.24) is 39.9 Å². The van der Waals surface area contributed by atoms with Crippen LogP contribution in [-0.2, 0) is 39.0 Å². The van der Waals surface area contributed by atoms with Crippen molar-refractivity contribution in [2.75, 3.05) is 88.0 Å².